The number of carbonyl (C=O) groups is 2. The number of hydrogen-bond acceptors (Lipinski definition) is 5. The molecule has 0 aliphatic heterocycles. The molecule has 0 spiro atoms. The number of amides is 1. The fourth-order valence-electron chi connectivity index (χ4n) is 5.60. The van der Waals surface area contributed by atoms with Crippen LogP contribution in [0.2, 0.25) is 20.1 Å². The Labute approximate surface area is 235 Å². The minimum absolute atomic E-state index is 0.0435. The number of aromatic amines is 2. The van der Waals surface area contributed by atoms with Crippen molar-refractivity contribution in [1.82, 2.24) is 9.97 Å². The molecule has 0 radical (unpaired) electrons. The fraction of sp³-hybridized carbons (Fsp3) is 0.0385. The van der Waals surface area contributed by atoms with Crippen LogP contribution in [0.1, 0.15) is 26.3 Å². The number of nitrogens with one attached hydrogen (secondary N) is 3. The van der Waals surface area contributed by atoms with E-state index in [1.165, 1.54) is 6.07 Å². The number of fused-ring (bicyclic) bond motifs is 1. The van der Waals surface area contributed by atoms with E-state index in [0.29, 0.717) is 21.7 Å². The standard InChI is InChI=1S/C26H12Cl4N4O5/c1-5-8-6-3-2-4-7-9(6)12-13-11(8)16(19(28)18(5)27)20(29)21(30)17(13)22(31)33-26(39)34-24(36)15(12)14(23(32)35)10(7)25(37)38/h2-4H,1H3,(H2,32,35)(H,37,38)(H3,31,33,34,36,39). The number of rotatable bonds is 2. The third-order valence-electron chi connectivity index (χ3n) is 7.00. The number of aromatic carboxylic acids is 1. The molecule has 6 aromatic rings. The summed E-state index contributed by atoms with van der Waals surface area (Å²) < 4.78 is 0. The van der Waals surface area contributed by atoms with Crippen LogP contribution in [0.25, 0.3) is 53.9 Å². The van der Waals surface area contributed by atoms with Gasteiger partial charge in [-0.3, -0.25) is 25.0 Å². The van der Waals surface area contributed by atoms with Gasteiger partial charge in [0.1, 0.15) is 5.49 Å². The van der Waals surface area contributed by atoms with Crippen LogP contribution in [0, 0.1) is 12.3 Å². The van der Waals surface area contributed by atoms with E-state index in [4.69, 9.17) is 57.5 Å². The molecule has 0 saturated carbocycles. The lowest BCUT2D eigenvalue weighted by molar-refractivity contribution is 0.0694. The third-order valence-corrected chi connectivity index (χ3v) is 8.80. The number of aryl methyl sites for hydroxylation is 1. The van der Waals surface area contributed by atoms with E-state index >= 15 is 0 Å². The summed E-state index contributed by atoms with van der Waals surface area (Å²) in [6, 6.07) is 4.75. The van der Waals surface area contributed by atoms with Crippen molar-refractivity contribution < 1.29 is 14.7 Å². The molecule has 6 rings (SSSR count). The summed E-state index contributed by atoms with van der Waals surface area (Å²) >= 11 is 26.7. The highest BCUT2D eigenvalue weighted by molar-refractivity contribution is 6.57. The van der Waals surface area contributed by atoms with Gasteiger partial charge in [0.2, 0.25) is 5.91 Å². The Bertz CT molecular complexity index is 2360. The Morgan fingerprint density at radius 2 is 1.33 bits per heavy atom. The first-order valence-corrected chi connectivity index (χ1v) is 12.6. The van der Waals surface area contributed by atoms with Crippen LogP contribution in [0.5, 0.6) is 0 Å². The Morgan fingerprint density at radius 1 is 0.769 bits per heavy atom. The smallest absolute Gasteiger partial charge is 0.337 e. The van der Waals surface area contributed by atoms with Crippen molar-refractivity contribution in [2.24, 2.45) is 5.73 Å². The van der Waals surface area contributed by atoms with E-state index in [2.05, 4.69) is 4.98 Å². The summed E-state index contributed by atoms with van der Waals surface area (Å²) in [5.41, 5.74) is 2.29. The summed E-state index contributed by atoms with van der Waals surface area (Å²) in [5, 5.41) is 20.4. The van der Waals surface area contributed by atoms with E-state index < -0.39 is 45.1 Å². The van der Waals surface area contributed by atoms with Crippen molar-refractivity contribution in [2.75, 3.05) is 0 Å². The highest BCUT2D eigenvalue weighted by Gasteiger charge is 2.31. The van der Waals surface area contributed by atoms with Gasteiger partial charge in [0.25, 0.3) is 5.56 Å². The number of carboxylic acids is 1. The predicted octanol–water partition coefficient (Wildman–Crippen LogP) is 5.47. The number of aromatic nitrogens is 2. The van der Waals surface area contributed by atoms with Crippen LogP contribution < -0.4 is 22.5 Å². The van der Waals surface area contributed by atoms with Gasteiger partial charge in [-0.2, -0.15) is 0 Å². The van der Waals surface area contributed by atoms with Crippen LogP contribution in [-0.4, -0.2) is 27.0 Å². The van der Waals surface area contributed by atoms with Gasteiger partial charge in [0.05, 0.1) is 36.6 Å². The first kappa shape index (κ1) is 25.4. The molecule has 0 aliphatic rings. The maximum absolute atomic E-state index is 13.6. The van der Waals surface area contributed by atoms with Crippen molar-refractivity contribution >= 4 is 112 Å². The zero-order chi connectivity index (χ0) is 28.2. The van der Waals surface area contributed by atoms with Gasteiger partial charge in [0.15, 0.2) is 0 Å². The quantitative estimate of drug-likeness (QED) is 0.131. The monoisotopic (exact) mass is 600 g/mol. The number of hydrogen-bond donors (Lipinski definition) is 5. The maximum Gasteiger partial charge on any atom is 0.337 e. The van der Waals surface area contributed by atoms with E-state index in [0.717, 1.165) is 0 Å². The topological polar surface area (TPSA) is 170 Å². The Hall–Kier alpha value is -3.89. The molecule has 0 aliphatic carbocycles. The number of carboxylic acid groups (broad SMARTS) is 1. The Morgan fingerprint density at radius 3 is 1.97 bits per heavy atom. The van der Waals surface area contributed by atoms with Gasteiger partial charge in [0, 0.05) is 26.9 Å². The Balaban J connectivity index is 2.33. The molecule has 9 nitrogen and oxygen atoms in total. The van der Waals surface area contributed by atoms with Crippen LogP contribution in [0.3, 0.4) is 0 Å². The van der Waals surface area contributed by atoms with Crippen molar-refractivity contribution in [2.45, 2.75) is 6.92 Å². The molecule has 0 bridgehead atoms. The minimum atomic E-state index is -1.52. The lowest BCUT2D eigenvalue weighted by atomic mass is 9.82. The molecule has 0 fully saturated rings. The highest BCUT2D eigenvalue weighted by Crippen LogP contribution is 2.53. The molecule has 6 N–H and O–H groups in total. The van der Waals surface area contributed by atoms with Gasteiger partial charge in [-0.1, -0.05) is 64.6 Å². The van der Waals surface area contributed by atoms with Gasteiger partial charge < -0.3 is 10.8 Å². The SMILES string of the molecule is Cc1c(Cl)c(Cl)c2c(Cl)c(Cl)c3c(=N)[nH]c(=O)[nH]c(=O)c4c(C(N)=O)c(C(=O)O)c5cccc6c1c2c3c4c56. The fourth-order valence-corrected chi connectivity index (χ4v) is 6.74. The molecular formula is C26H12Cl4N4O5. The van der Waals surface area contributed by atoms with Gasteiger partial charge in [-0.25, -0.2) is 9.59 Å². The number of halogens is 4. The van der Waals surface area contributed by atoms with Crippen molar-refractivity contribution in [3.05, 3.63) is 81.3 Å². The Kier molecular flexibility index (Phi) is 5.41. The second-order valence-corrected chi connectivity index (χ2v) is 10.4. The van der Waals surface area contributed by atoms with Crippen molar-refractivity contribution in [1.29, 1.82) is 5.41 Å². The van der Waals surface area contributed by atoms with E-state index in [1.807, 2.05) is 4.98 Å². The number of nitrogens with two attached hydrogens (primary N) is 1. The van der Waals surface area contributed by atoms with E-state index in [-0.39, 0.29) is 52.4 Å². The average molecular weight is 602 g/mol. The summed E-state index contributed by atoms with van der Waals surface area (Å²) in [4.78, 5) is 56.0. The zero-order valence-electron chi connectivity index (χ0n) is 19.4. The summed E-state index contributed by atoms with van der Waals surface area (Å²) in [6.07, 6.45) is 0. The molecule has 1 amide bonds. The number of carbonyl (C=O) groups excluding carboxylic acids is 1. The summed E-state index contributed by atoms with van der Waals surface area (Å²) in [7, 11) is 0. The lowest BCUT2D eigenvalue weighted by Gasteiger charge is -2.22. The molecule has 194 valence electrons. The minimum Gasteiger partial charge on any atom is -0.478 e. The van der Waals surface area contributed by atoms with Crippen molar-refractivity contribution in [3.63, 3.8) is 0 Å². The average Bonchev–Trinajstić information content (AvgIpc) is 2.90. The van der Waals surface area contributed by atoms with Crippen LogP contribution in [-0.2, 0) is 0 Å². The second-order valence-electron chi connectivity index (χ2n) is 8.94. The number of benzene rings is 5. The van der Waals surface area contributed by atoms with Gasteiger partial charge in [-0.05, 0) is 34.0 Å². The maximum atomic E-state index is 13.6. The third kappa shape index (κ3) is 3.12. The lowest BCUT2D eigenvalue weighted by Crippen LogP contribution is -2.25. The number of H-pyrrole nitrogens is 2. The molecule has 1 heterocycles. The highest BCUT2D eigenvalue weighted by atomic mass is 35.5. The summed E-state index contributed by atoms with van der Waals surface area (Å²) in [6.45, 7) is 1.70. The zero-order valence-corrected chi connectivity index (χ0v) is 22.4. The molecule has 1 aromatic heterocycles. The largest absolute Gasteiger partial charge is 0.478 e. The first-order chi connectivity index (χ1) is 18.4. The molecule has 0 saturated heterocycles. The van der Waals surface area contributed by atoms with Crippen LogP contribution in [0.4, 0.5) is 0 Å². The van der Waals surface area contributed by atoms with Crippen molar-refractivity contribution in [3.8, 4) is 0 Å². The van der Waals surface area contributed by atoms with Crippen LogP contribution in [0.15, 0.2) is 27.8 Å². The second kappa shape index (κ2) is 8.30. The number of primary amides is 1. The molecule has 39 heavy (non-hydrogen) atoms. The normalized spacial score (nSPS) is 11.9. The molecular weight excluding hydrogens is 590 g/mol. The van der Waals surface area contributed by atoms with Gasteiger partial charge >= 0.3 is 11.7 Å². The van der Waals surface area contributed by atoms with Crippen LogP contribution >= 0.6 is 46.4 Å². The molecule has 0 atom stereocenters. The molecule has 13 heteroatoms. The van der Waals surface area contributed by atoms with E-state index in [9.17, 15) is 24.3 Å². The van der Waals surface area contributed by atoms with E-state index in [1.54, 1.807) is 19.1 Å². The molecule has 5 aromatic carbocycles. The van der Waals surface area contributed by atoms with Gasteiger partial charge in [-0.15, -0.1) is 0 Å². The summed E-state index contributed by atoms with van der Waals surface area (Å²) in [5.74, 6) is -2.74. The predicted molar refractivity (Wildman–Crippen MR) is 153 cm³/mol. The molecule has 0 unspecified atom stereocenters. The first-order valence-electron chi connectivity index (χ1n) is 11.1.